The average molecular weight is 336 g/mol. The molecule has 128 valence electrons. The predicted molar refractivity (Wildman–Crippen MR) is 95.7 cm³/mol. The fraction of sp³-hybridized carbons (Fsp3) is 0.316. The first-order valence-corrected chi connectivity index (χ1v) is 8.51. The quantitative estimate of drug-likeness (QED) is 0.796. The Kier molecular flexibility index (Phi) is 3.87. The number of fused-ring (bicyclic) bond motifs is 1. The Morgan fingerprint density at radius 1 is 1.32 bits per heavy atom. The van der Waals surface area contributed by atoms with Crippen LogP contribution in [0.3, 0.4) is 0 Å². The maximum Gasteiger partial charge on any atom is 0.308 e. The first-order chi connectivity index (χ1) is 12.1. The molecule has 1 aliphatic heterocycles. The number of carboxylic acids is 1. The lowest BCUT2D eigenvalue weighted by Gasteiger charge is -2.31. The summed E-state index contributed by atoms with van der Waals surface area (Å²) in [5, 5.41) is 14.0. The zero-order valence-corrected chi connectivity index (χ0v) is 14.1. The fourth-order valence-electron chi connectivity index (χ4n) is 3.51. The van der Waals surface area contributed by atoms with E-state index in [1.165, 1.54) is 5.56 Å². The third-order valence-corrected chi connectivity index (χ3v) is 4.86. The van der Waals surface area contributed by atoms with E-state index in [0.29, 0.717) is 6.54 Å². The van der Waals surface area contributed by atoms with Crippen molar-refractivity contribution in [1.82, 2.24) is 14.6 Å². The Bertz CT molecular complexity index is 934. The number of nitrogens with zero attached hydrogens (tertiary/aromatic N) is 4. The second-order valence-corrected chi connectivity index (χ2v) is 6.55. The number of aryl methyl sites for hydroxylation is 1. The highest BCUT2D eigenvalue weighted by molar-refractivity contribution is 5.77. The van der Waals surface area contributed by atoms with Gasteiger partial charge in [0.25, 0.3) is 0 Å². The van der Waals surface area contributed by atoms with Crippen LogP contribution < -0.4 is 4.90 Å². The van der Waals surface area contributed by atoms with Gasteiger partial charge in [0.1, 0.15) is 5.52 Å². The summed E-state index contributed by atoms with van der Waals surface area (Å²) < 4.78 is 1.83. The van der Waals surface area contributed by atoms with Gasteiger partial charge in [0.15, 0.2) is 5.82 Å². The lowest BCUT2D eigenvalue weighted by molar-refractivity contribution is -0.141. The number of hydrogen-bond acceptors (Lipinski definition) is 4. The van der Waals surface area contributed by atoms with Crippen LogP contribution in [-0.4, -0.2) is 38.8 Å². The SMILES string of the molecule is Cc1ccccc1-c1cc2c(N3CCCC(C(=O)O)C3)nccn2n1. The van der Waals surface area contributed by atoms with Crippen molar-refractivity contribution in [3.05, 3.63) is 48.3 Å². The van der Waals surface area contributed by atoms with E-state index in [4.69, 9.17) is 0 Å². The average Bonchev–Trinajstić information content (AvgIpc) is 3.06. The number of aromatic nitrogens is 3. The Labute approximate surface area is 145 Å². The molecule has 0 bridgehead atoms. The largest absolute Gasteiger partial charge is 0.481 e. The molecule has 0 saturated carbocycles. The molecule has 4 rings (SSSR count). The van der Waals surface area contributed by atoms with Crippen molar-refractivity contribution in [2.75, 3.05) is 18.0 Å². The van der Waals surface area contributed by atoms with Crippen molar-refractivity contribution in [2.45, 2.75) is 19.8 Å². The van der Waals surface area contributed by atoms with E-state index in [2.05, 4.69) is 34.0 Å². The normalized spacial score (nSPS) is 17.8. The summed E-state index contributed by atoms with van der Waals surface area (Å²) in [5.41, 5.74) is 4.08. The number of rotatable bonds is 3. The number of piperidine rings is 1. The van der Waals surface area contributed by atoms with Crippen molar-refractivity contribution < 1.29 is 9.90 Å². The lowest BCUT2D eigenvalue weighted by Crippen LogP contribution is -2.39. The molecule has 1 aromatic carbocycles. The van der Waals surface area contributed by atoms with E-state index >= 15 is 0 Å². The minimum atomic E-state index is -0.731. The van der Waals surface area contributed by atoms with Crippen LogP contribution in [0.2, 0.25) is 0 Å². The predicted octanol–water partition coefficient (Wildman–Crippen LogP) is 3.01. The van der Waals surface area contributed by atoms with Gasteiger partial charge in [0.05, 0.1) is 11.6 Å². The third-order valence-electron chi connectivity index (χ3n) is 4.86. The van der Waals surface area contributed by atoms with E-state index in [1.54, 1.807) is 6.20 Å². The molecule has 0 spiro atoms. The van der Waals surface area contributed by atoms with Gasteiger partial charge in [-0.3, -0.25) is 4.79 Å². The van der Waals surface area contributed by atoms with Crippen LogP contribution in [-0.2, 0) is 4.79 Å². The van der Waals surface area contributed by atoms with Crippen molar-refractivity contribution in [3.63, 3.8) is 0 Å². The molecular formula is C19H20N4O2. The van der Waals surface area contributed by atoms with Gasteiger partial charge in [-0.1, -0.05) is 24.3 Å². The Hall–Kier alpha value is -2.89. The fourth-order valence-corrected chi connectivity index (χ4v) is 3.51. The number of carbonyl (C=O) groups is 1. The van der Waals surface area contributed by atoms with Crippen molar-refractivity contribution in [1.29, 1.82) is 0 Å². The van der Waals surface area contributed by atoms with E-state index < -0.39 is 5.97 Å². The van der Waals surface area contributed by atoms with Crippen LogP contribution in [0, 0.1) is 12.8 Å². The van der Waals surface area contributed by atoms with Gasteiger partial charge in [-0.05, 0) is 31.4 Å². The molecule has 6 nitrogen and oxygen atoms in total. The van der Waals surface area contributed by atoms with E-state index in [-0.39, 0.29) is 5.92 Å². The van der Waals surface area contributed by atoms with Gasteiger partial charge in [-0.15, -0.1) is 0 Å². The molecule has 1 fully saturated rings. The minimum absolute atomic E-state index is 0.338. The first-order valence-electron chi connectivity index (χ1n) is 8.51. The standard InChI is InChI=1S/C19H20N4O2/c1-13-5-2-3-7-15(13)16-11-17-18(20-8-10-23(17)21-16)22-9-4-6-14(12-22)19(24)25/h2-3,5,7-8,10-11,14H,4,6,9,12H2,1H3,(H,24,25). The molecule has 3 heterocycles. The second-order valence-electron chi connectivity index (χ2n) is 6.55. The minimum Gasteiger partial charge on any atom is -0.481 e. The van der Waals surface area contributed by atoms with Crippen LogP contribution in [0.4, 0.5) is 5.82 Å². The zero-order chi connectivity index (χ0) is 17.4. The number of benzene rings is 1. The van der Waals surface area contributed by atoms with E-state index in [9.17, 15) is 9.90 Å². The number of anilines is 1. The maximum atomic E-state index is 11.4. The van der Waals surface area contributed by atoms with Crippen molar-refractivity contribution >= 4 is 17.3 Å². The van der Waals surface area contributed by atoms with Gasteiger partial charge in [-0.2, -0.15) is 5.10 Å². The van der Waals surface area contributed by atoms with Gasteiger partial charge in [0, 0.05) is 31.0 Å². The Morgan fingerprint density at radius 2 is 2.16 bits per heavy atom. The van der Waals surface area contributed by atoms with Gasteiger partial charge >= 0.3 is 5.97 Å². The summed E-state index contributed by atoms with van der Waals surface area (Å²) in [5.74, 6) is -0.263. The number of hydrogen-bond donors (Lipinski definition) is 1. The van der Waals surface area contributed by atoms with Crippen molar-refractivity contribution in [3.8, 4) is 11.3 Å². The molecule has 2 aromatic heterocycles. The highest BCUT2D eigenvalue weighted by Gasteiger charge is 2.27. The molecule has 0 radical (unpaired) electrons. The van der Waals surface area contributed by atoms with Gasteiger partial charge in [-0.25, -0.2) is 9.50 Å². The van der Waals surface area contributed by atoms with Crippen LogP contribution in [0.15, 0.2) is 42.7 Å². The summed E-state index contributed by atoms with van der Waals surface area (Å²) in [6.07, 6.45) is 5.14. The second kappa shape index (κ2) is 6.20. The smallest absolute Gasteiger partial charge is 0.308 e. The first kappa shape index (κ1) is 15.6. The summed E-state index contributed by atoms with van der Waals surface area (Å²) in [6.45, 7) is 3.38. The van der Waals surface area contributed by atoms with Crippen molar-refractivity contribution in [2.24, 2.45) is 5.92 Å². The summed E-state index contributed by atoms with van der Waals surface area (Å²) in [7, 11) is 0. The summed E-state index contributed by atoms with van der Waals surface area (Å²) in [6, 6.07) is 10.2. The lowest BCUT2D eigenvalue weighted by atomic mass is 9.98. The number of aliphatic carboxylic acids is 1. The molecule has 3 aromatic rings. The molecule has 1 saturated heterocycles. The summed E-state index contributed by atoms with van der Waals surface area (Å²) in [4.78, 5) is 18.0. The molecule has 0 aliphatic carbocycles. The molecule has 0 amide bonds. The van der Waals surface area contributed by atoms with Crippen LogP contribution in [0.5, 0.6) is 0 Å². The number of carboxylic acid groups (broad SMARTS) is 1. The molecule has 1 unspecified atom stereocenters. The zero-order valence-electron chi connectivity index (χ0n) is 14.1. The van der Waals surface area contributed by atoms with E-state index in [0.717, 1.165) is 42.0 Å². The monoisotopic (exact) mass is 336 g/mol. The summed E-state index contributed by atoms with van der Waals surface area (Å²) >= 11 is 0. The van der Waals surface area contributed by atoms with Crippen LogP contribution in [0.25, 0.3) is 16.8 Å². The maximum absolute atomic E-state index is 11.4. The molecular weight excluding hydrogens is 316 g/mol. The molecule has 1 N–H and O–H groups in total. The van der Waals surface area contributed by atoms with Crippen LogP contribution in [0.1, 0.15) is 18.4 Å². The highest BCUT2D eigenvalue weighted by atomic mass is 16.4. The molecule has 1 aliphatic rings. The molecule has 1 atom stereocenters. The molecule has 6 heteroatoms. The highest BCUT2D eigenvalue weighted by Crippen LogP contribution is 2.29. The Balaban J connectivity index is 1.76. The Morgan fingerprint density at radius 3 is 2.96 bits per heavy atom. The topological polar surface area (TPSA) is 70.7 Å². The molecule has 25 heavy (non-hydrogen) atoms. The third kappa shape index (κ3) is 2.84. The van der Waals surface area contributed by atoms with E-state index in [1.807, 2.05) is 28.9 Å². The van der Waals surface area contributed by atoms with Gasteiger partial charge < -0.3 is 10.0 Å². The van der Waals surface area contributed by atoms with Gasteiger partial charge in [0.2, 0.25) is 0 Å². The van der Waals surface area contributed by atoms with Crippen LogP contribution >= 0.6 is 0 Å².